The molecular weight excluding hydrogens is 721 g/mol. The highest BCUT2D eigenvalue weighted by Crippen LogP contribution is 2.40. The van der Waals surface area contributed by atoms with E-state index in [-0.39, 0.29) is 21.2 Å². The molecule has 0 aliphatic carbocycles. The number of hydrogen-bond acceptors (Lipinski definition) is 8. The predicted octanol–water partition coefficient (Wildman–Crippen LogP) is 5.94. The number of carboxylic acid groups (broad SMARTS) is 2. The highest BCUT2D eigenvalue weighted by Gasteiger charge is 2.38. The first kappa shape index (κ1) is 46.2. The number of aliphatic carboxylic acids is 2. The van der Waals surface area contributed by atoms with Gasteiger partial charge < -0.3 is 34.9 Å². The van der Waals surface area contributed by atoms with E-state index in [4.69, 9.17) is 24.7 Å². The number of rotatable bonds is 22. The minimum absolute atomic E-state index is 0.0256. The lowest BCUT2D eigenvalue weighted by atomic mass is 9.81. The maximum Gasteiger partial charge on any atom is 0.452 e. The fraction of sp³-hybridized carbons (Fsp3) is 0.857. The Kier molecular flexibility index (Phi) is 18.0. The van der Waals surface area contributed by atoms with Crippen molar-refractivity contribution in [2.75, 3.05) is 0 Å². The van der Waals surface area contributed by atoms with Gasteiger partial charge in [-0.2, -0.15) is 0 Å². The van der Waals surface area contributed by atoms with E-state index in [1.165, 1.54) is 0 Å². The van der Waals surface area contributed by atoms with Crippen molar-refractivity contribution in [3.05, 3.63) is 11.1 Å². The summed E-state index contributed by atoms with van der Waals surface area (Å²) in [7, 11) is -14.6. The predicted molar refractivity (Wildman–Crippen MR) is 209 cm³/mol. The van der Waals surface area contributed by atoms with Crippen LogP contribution in [-0.2, 0) is 34.3 Å². The molecule has 0 spiro atoms. The summed E-state index contributed by atoms with van der Waals surface area (Å²) in [6.07, 6.45) is 0.976. The molecule has 0 radical (unpaired) electrons. The molecule has 0 rings (SSSR count). The van der Waals surface area contributed by atoms with Gasteiger partial charge in [-0.25, -0.2) is 9.59 Å². The Morgan fingerprint density at radius 1 is 0.565 bits per heavy atom. The van der Waals surface area contributed by atoms with E-state index in [1.54, 1.807) is 0 Å². The van der Waals surface area contributed by atoms with Crippen LogP contribution in [0.25, 0.3) is 0 Å². The van der Waals surface area contributed by atoms with E-state index in [0.29, 0.717) is 12.8 Å². The van der Waals surface area contributed by atoms with Crippen molar-refractivity contribution in [1.29, 1.82) is 0 Å². The van der Waals surface area contributed by atoms with Gasteiger partial charge in [0.2, 0.25) is 0 Å². The summed E-state index contributed by atoms with van der Waals surface area (Å²) >= 11 is 0. The maximum atomic E-state index is 12.7. The SMILES string of the molecule is CC(CC(C)(C)[SiH2]O[SiH](O[Si](C)(C)C)O[Si](C)(C)C)/C(C(=O)O)=C(\C(=O)O)C(C)CC(C)(C)[SiH2]O[SiH](O[Si](C)(C)C)O[Si](C)(C)C. The fourth-order valence-electron chi connectivity index (χ4n) is 5.09. The lowest BCUT2D eigenvalue weighted by Gasteiger charge is -2.35. The normalized spacial score (nSPS) is 16.6. The van der Waals surface area contributed by atoms with Crippen LogP contribution in [0.5, 0.6) is 0 Å². The summed E-state index contributed by atoms with van der Waals surface area (Å²) in [5.74, 6) is -3.34. The average molecular weight is 790 g/mol. The molecule has 2 N–H and O–H groups in total. The molecule has 0 saturated carbocycles. The van der Waals surface area contributed by atoms with Gasteiger partial charge >= 0.3 is 31.0 Å². The topological polar surface area (TPSA) is 130 Å². The highest BCUT2D eigenvalue weighted by atomic mass is 28.5. The third-order valence-corrected chi connectivity index (χ3v) is 26.5. The summed E-state index contributed by atoms with van der Waals surface area (Å²) in [5, 5.41) is 20.1. The molecule has 0 aromatic rings. The van der Waals surface area contributed by atoms with Crippen LogP contribution in [0.15, 0.2) is 11.1 Å². The molecule has 2 atom stereocenters. The number of hydrogen-bond donors (Lipinski definition) is 2. The molecule has 0 aromatic carbocycles. The standard InChI is InChI=1S/C28H68O10Si8/c1-21(19-27(3,4)39-33-41(35-43(7,8)9)36-44(10,11)12)23(25(29)30)24(26(31)32)22(2)20-28(5,6)40-34-42(37-45(13,14)15)38-46(16,17)18/h21-22,41-42H,19-20,39-40H2,1-18H3,(H,29,30)(H,31,32)/b24-23+. The van der Waals surface area contributed by atoms with Gasteiger partial charge in [-0.3, -0.25) is 0 Å². The van der Waals surface area contributed by atoms with Crippen LogP contribution in [0.2, 0.25) is 88.6 Å². The quantitative estimate of drug-likeness (QED) is 0.100. The van der Waals surface area contributed by atoms with Gasteiger partial charge in [0.25, 0.3) is 0 Å². The van der Waals surface area contributed by atoms with Crippen molar-refractivity contribution < 1.29 is 44.5 Å². The summed E-state index contributed by atoms with van der Waals surface area (Å²) in [5.41, 5.74) is -0.0512. The second-order valence-electron chi connectivity index (χ2n) is 18.1. The first-order valence-corrected chi connectivity index (χ1v) is 35.4. The molecule has 0 bridgehead atoms. The lowest BCUT2D eigenvalue weighted by Crippen LogP contribution is -2.46. The van der Waals surface area contributed by atoms with Gasteiger partial charge in [0.05, 0.1) is 11.1 Å². The monoisotopic (exact) mass is 788 g/mol. The number of carboxylic acids is 2. The molecule has 46 heavy (non-hydrogen) atoms. The Bertz CT molecular complexity index is 915. The van der Waals surface area contributed by atoms with E-state index >= 15 is 0 Å². The smallest absolute Gasteiger partial charge is 0.452 e. The Balaban J connectivity index is 6.03. The average Bonchev–Trinajstić information content (AvgIpc) is 2.74. The third kappa shape index (κ3) is 21.3. The largest absolute Gasteiger partial charge is 0.478 e. The minimum atomic E-state index is -2.34. The summed E-state index contributed by atoms with van der Waals surface area (Å²) < 4.78 is 38.2. The molecule has 0 saturated heterocycles. The van der Waals surface area contributed by atoms with Crippen molar-refractivity contribution in [2.45, 2.75) is 143 Å². The molecule has 10 nitrogen and oxygen atoms in total. The summed E-state index contributed by atoms with van der Waals surface area (Å²) in [6.45, 7) is 37.4. The minimum Gasteiger partial charge on any atom is -0.478 e. The van der Waals surface area contributed by atoms with Crippen LogP contribution in [0, 0.1) is 11.8 Å². The van der Waals surface area contributed by atoms with E-state index in [9.17, 15) is 19.8 Å². The van der Waals surface area contributed by atoms with Crippen LogP contribution < -0.4 is 0 Å². The molecule has 0 amide bonds. The lowest BCUT2D eigenvalue weighted by molar-refractivity contribution is -0.137. The molecule has 0 fully saturated rings. The zero-order chi connectivity index (χ0) is 36.7. The second-order valence-corrected chi connectivity index (χ2v) is 47.0. The molecule has 2 unspecified atom stereocenters. The molecule has 0 aromatic heterocycles. The van der Waals surface area contributed by atoms with Crippen LogP contribution in [0.1, 0.15) is 54.4 Å². The van der Waals surface area contributed by atoms with Crippen LogP contribution in [0.4, 0.5) is 0 Å². The van der Waals surface area contributed by atoms with Gasteiger partial charge in [0, 0.05) is 0 Å². The molecule has 0 aliphatic rings. The first-order valence-electron chi connectivity index (χ1n) is 16.4. The Morgan fingerprint density at radius 3 is 0.957 bits per heavy atom. The van der Waals surface area contributed by atoms with Crippen LogP contribution >= 0.6 is 0 Å². The second kappa shape index (κ2) is 17.9. The molecule has 0 aliphatic heterocycles. The van der Waals surface area contributed by atoms with Gasteiger partial charge in [0.1, 0.15) is 0 Å². The van der Waals surface area contributed by atoms with Crippen molar-refractivity contribution in [3.8, 4) is 0 Å². The molecule has 272 valence electrons. The van der Waals surface area contributed by atoms with Crippen LogP contribution in [0.3, 0.4) is 0 Å². The van der Waals surface area contributed by atoms with Crippen molar-refractivity contribution in [2.24, 2.45) is 11.8 Å². The summed E-state index contributed by atoms with van der Waals surface area (Å²) in [6, 6.07) is 0. The Morgan fingerprint density at radius 2 is 0.783 bits per heavy atom. The Hall–Kier alpha value is 0.175. The van der Waals surface area contributed by atoms with E-state index in [1.807, 2.05) is 13.8 Å². The molecular formula is C28H68O10Si8. The van der Waals surface area contributed by atoms with Crippen molar-refractivity contribution in [3.63, 3.8) is 0 Å². The van der Waals surface area contributed by atoms with E-state index in [0.717, 1.165) is 0 Å². The Labute approximate surface area is 293 Å². The van der Waals surface area contributed by atoms with Gasteiger partial charge in [-0.05, 0) is 113 Å². The molecule has 0 heterocycles. The zero-order valence-corrected chi connectivity index (χ0v) is 41.4. The maximum absolute atomic E-state index is 12.7. The fourth-order valence-corrected chi connectivity index (χ4v) is 24.9. The van der Waals surface area contributed by atoms with E-state index in [2.05, 4.69) is 106 Å². The van der Waals surface area contributed by atoms with Gasteiger partial charge in [-0.15, -0.1) is 0 Å². The zero-order valence-electron chi connectivity index (χ0n) is 32.3. The summed E-state index contributed by atoms with van der Waals surface area (Å²) in [4.78, 5) is 25.4. The van der Waals surface area contributed by atoms with Crippen molar-refractivity contribution >= 4 is 83.8 Å². The van der Waals surface area contributed by atoms with Crippen LogP contribution in [-0.4, -0.2) is 94.0 Å². The van der Waals surface area contributed by atoms with Crippen molar-refractivity contribution in [1.82, 2.24) is 0 Å². The van der Waals surface area contributed by atoms with E-state index < -0.39 is 95.6 Å². The highest BCUT2D eigenvalue weighted by molar-refractivity contribution is 6.81. The van der Waals surface area contributed by atoms with Gasteiger partial charge in [-0.1, -0.05) is 41.5 Å². The van der Waals surface area contributed by atoms with Gasteiger partial charge in [0.15, 0.2) is 52.8 Å². The first-order chi connectivity index (χ1) is 20.2. The third-order valence-electron chi connectivity index (χ3n) is 6.47. The number of carbonyl (C=O) groups is 2. The molecule has 18 heteroatoms.